The largest absolute Gasteiger partial charge is 0.478 e. The lowest BCUT2D eigenvalue weighted by Gasteiger charge is -2.25. The predicted octanol–water partition coefficient (Wildman–Crippen LogP) is 3.68. The average Bonchev–Trinajstić information content (AvgIpc) is 3.11. The number of thiazole rings is 1. The summed E-state index contributed by atoms with van der Waals surface area (Å²) >= 11 is 1.25. The number of carbonyl (C=O) groups excluding carboxylic acids is 2. The first-order valence-corrected chi connectivity index (χ1v) is 9.04. The number of hydrogen-bond donors (Lipinski definition) is 2. The van der Waals surface area contributed by atoms with Gasteiger partial charge in [0.05, 0.1) is 17.8 Å². The number of anilines is 2. The number of nitrogens with one attached hydrogen (secondary N) is 2. The molecule has 6 nitrogen and oxygen atoms in total. The molecule has 3 aromatic rings. The molecule has 0 fully saturated rings. The maximum atomic E-state index is 13.0. The Morgan fingerprint density at radius 1 is 1.22 bits per heavy atom. The third kappa shape index (κ3) is 3.80. The third-order valence-electron chi connectivity index (χ3n) is 3.97. The van der Waals surface area contributed by atoms with Crippen molar-refractivity contribution in [2.75, 3.05) is 10.6 Å². The zero-order valence-corrected chi connectivity index (χ0v) is 14.8. The Morgan fingerprint density at radius 3 is 2.81 bits per heavy atom. The molecule has 0 radical (unpaired) electrons. The molecule has 2 N–H and O–H groups in total. The van der Waals surface area contributed by atoms with Crippen LogP contribution in [-0.2, 0) is 9.59 Å². The van der Waals surface area contributed by atoms with Gasteiger partial charge in [-0.25, -0.2) is 9.37 Å². The van der Waals surface area contributed by atoms with Crippen molar-refractivity contribution in [2.45, 2.75) is 12.5 Å². The summed E-state index contributed by atoms with van der Waals surface area (Å²) in [6, 6.07) is 13.0. The molecule has 1 aliphatic rings. The van der Waals surface area contributed by atoms with Crippen LogP contribution in [0.4, 0.5) is 15.2 Å². The number of hydrogen-bond acceptors (Lipinski definition) is 5. The van der Waals surface area contributed by atoms with Gasteiger partial charge in [0.15, 0.2) is 11.2 Å². The van der Waals surface area contributed by atoms with E-state index in [4.69, 9.17) is 4.74 Å². The van der Waals surface area contributed by atoms with Gasteiger partial charge in [0, 0.05) is 10.9 Å². The second kappa shape index (κ2) is 7.16. The van der Waals surface area contributed by atoms with Gasteiger partial charge < -0.3 is 15.4 Å². The van der Waals surface area contributed by atoms with Crippen molar-refractivity contribution in [2.24, 2.45) is 0 Å². The van der Waals surface area contributed by atoms with Crippen molar-refractivity contribution in [3.8, 4) is 17.0 Å². The van der Waals surface area contributed by atoms with E-state index < -0.39 is 6.10 Å². The second-order valence-electron chi connectivity index (χ2n) is 5.89. The highest BCUT2D eigenvalue weighted by Gasteiger charge is 2.29. The SMILES string of the molecule is O=C(CC1Oc2ccccc2NC1=O)Nc1nc(-c2ccc(F)cc2)cs1. The predicted molar refractivity (Wildman–Crippen MR) is 100 cm³/mol. The molecule has 2 heterocycles. The number of carbonyl (C=O) groups is 2. The van der Waals surface area contributed by atoms with E-state index >= 15 is 0 Å². The van der Waals surface area contributed by atoms with Gasteiger partial charge >= 0.3 is 0 Å². The minimum atomic E-state index is -0.906. The van der Waals surface area contributed by atoms with E-state index in [0.29, 0.717) is 22.3 Å². The first-order chi connectivity index (χ1) is 13.1. The van der Waals surface area contributed by atoms with Crippen LogP contribution in [-0.4, -0.2) is 22.9 Å². The van der Waals surface area contributed by atoms with Crippen molar-refractivity contribution in [1.82, 2.24) is 4.98 Å². The Hall–Kier alpha value is -3.26. The summed E-state index contributed by atoms with van der Waals surface area (Å²) in [4.78, 5) is 28.7. The number of nitrogens with zero attached hydrogens (tertiary/aromatic N) is 1. The van der Waals surface area contributed by atoms with Crippen LogP contribution in [0.5, 0.6) is 5.75 Å². The van der Waals surface area contributed by atoms with Gasteiger partial charge in [0.1, 0.15) is 11.6 Å². The van der Waals surface area contributed by atoms with Crippen molar-refractivity contribution in [1.29, 1.82) is 0 Å². The number of aromatic nitrogens is 1. The standard InChI is InChI=1S/C19H14FN3O3S/c20-12-7-5-11(6-8-12)14-10-27-19(22-14)23-17(24)9-16-18(25)21-13-3-1-2-4-15(13)26-16/h1-8,10,16H,9H2,(H,21,25)(H,22,23,24). The second-order valence-corrected chi connectivity index (χ2v) is 6.75. The fourth-order valence-electron chi connectivity index (χ4n) is 2.65. The molecule has 4 rings (SSSR count). The van der Waals surface area contributed by atoms with Crippen LogP contribution >= 0.6 is 11.3 Å². The smallest absolute Gasteiger partial charge is 0.266 e. The molecular formula is C19H14FN3O3S. The molecule has 0 saturated carbocycles. The lowest BCUT2D eigenvalue weighted by atomic mass is 10.1. The van der Waals surface area contributed by atoms with E-state index in [1.165, 1.54) is 23.5 Å². The monoisotopic (exact) mass is 383 g/mol. The van der Waals surface area contributed by atoms with Crippen molar-refractivity contribution in [3.63, 3.8) is 0 Å². The van der Waals surface area contributed by atoms with E-state index in [-0.39, 0.29) is 24.1 Å². The molecule has 27 heavy (non-hydrogen) atoms. The summed E-state index contributed by atoms with van der Waals surface area (Å²) in [7, 11) is 0. The van der Waals surface area contributed by atoms with Gasteiger partial charge in [-0.2, -0.15) is 0 Å². The number of rotatable bonds is 4. The van der Waals surface area contributed by atoms with Crippen molar-refractivity contribution < 1.29 is 18.7 Å². The number of benzene rings is 2. The minimum Gasteiger partial charge on any atom is -0.478 e. The summed E-state index contributed by atoms with van der Waals surface area (Å²) in [5.41, 5.74) is 1.97. The minimum absolute atomic E-state index is 0.133. The first-order valence-electron chi connectivity index (χ1n) is 8.16. The van der Waals surface area contributed by atoms with E-state index in [1.54, 1.807) is 41.8 Å². The molecule has 8 heteroatoms. The summed E-state index contributed by atoms with van der Waals surface area (Å²) < 4.78 is 18.6. The molecule has 1 aliphatic heterocycles. The molecule has 1 unspecified atom stereocenters. The van der Waals surface area contributed by atoms with Gasteiger partial charge in [-0.05, 0) is 36.4 Å². The number of fused-ring (bicyclic) bond motifs is 1. The number of ether oxygens (including phenoxy) is 1. The Bertz CT molecular complexity index is 1000. The maximum absolute atomic E-state index is 13.0. The Morgan fingerprint density at radius 2 is 2.00 bits per heavy atom. The van der Waals surface area contributed by atoms with Crippen LogP contribution in [0.15, 0.2) is 53.9 Å². The van der Waals surface area contributed by atoms with Crippen LogP contribution in [0.3, 0.4) is 0 Å². The maximum Gasteiger partial charge on any atom is 0.266 e. The van der Waals surface area contributed by atoms with E-state index in [9.17, 15) is 14.0 Å². The summed E-state index contributed by atoms with van der Waals surface area (Å²) in [5, 5.41) is 7.56. The molecule has 0 aliphatic carbocycles. The molecule has 0 bridgehead atoms. The van der Waals surface area contributed by atoms with Gasteiger partial charge in [-0.1, -0.05) is 12.1 Å². The average molecular weight is 383 g/mol. The highest BCUT2D eigenvalue weighted by Crippen LogP contribution is 2.30. The van der Waals surface area contributed by atoms with E-state index in [0.717, 1.165) is 5.56 Å². The van der Waals surface area contributed by atoms with Crippen molar-refractivity contribution in [3.05, 3.63) is 59.7 Å². The van der Waals surface area contributed by atoms with Crippen LogP contribution in [0.25, 0.3) is 11.3 Å². The molecule has 0 spiro atoms. The van der Waals surface area contributed by atoms with Crippen LogP contribution in [0.2, 0.25) is 0 Å². The molecule has 2 aromatic carbocycles. The number of halogens is 1. The van der Waals surface area contributed by atoms with Gasteiger partial charge in [0.25, 0.3) is 5.91 Å². The van der Waals surface area contributed by atoms with Gasteiger partial charge in [0.2, 0.25) is 5.91 Å². The molecular weight excluding hydrogens is 369 g/mol. The highest BCUT2D eigenvalue weighted by molar-refractivity contribution is 7.14. The summed E-state index contributed by atoms with van der Waals surface area (Å²) in [5.74, 6) is -0.540. The quantitative estimate of drug-likeness (QED) is 0.720. The first kappa shape index (κ1) is 17.2. The highest BCUT2D eigenvalue weighted by atomic mass is 32.1. The van der Waals surface area contributed by atoms with Gasteiger partial charge in [-0.3, -0.25) is 9.59 Å². The number of para-hydroxylation sites is 2. The van der Waals surface area contributed by atoms with Crippen LogP contribution < -0.4 is 15.4 Å². The fourth-order valence-corrected chi connectivity index (χ4v) is 3.39. The molecule has 1 atom stereocenters. The Kier molecular flexibility index (Phi) is 4.55. The van der Waals surface area contributed by atoms with Crippen LogP contribution in [0.1, 0.15) is 6.42 Å². The zero-order valence-electron chi connectivity index (χ0n) is 13.9. The normalized spacial score (nSPS) is 15.4. The molecule has 0 saturated heterocycles. The Balaban J connectivity index is 1.40. The summed E-state index contributed by atoms with van der Waals surface area (Å²) in [6.07, 6.45) is -1.04. The summed E-state index contributed by atoms with van der Waals surface area (Å²) in [6.45, 7) is 0. The van der Waals surface area contributed by atoms with Gasteiger partial charge in [-0.15, -0.1) is 11.3 Å². The zero-order chi connectivity index (χ0) is 18.8. The lowest BCUT2D eigenvalue weighted by Crippen LogP contribution is -2.39. The third-order valence-corrected chi connectivity index (χ3v) is 4.73. The van der Waals surface area contributed by atoms with Crippen molar-refractivity contribution >= 4 is 34.0 Å². The van der Waals surface area contributed by atoms with Crippen LogP contribution in [0, 0.1) is 5.82 Å². The topological polar surface area (TPSA) is 80.3 Å². The molecule has 1 aromatic heterocycles. The lowest BCUT2D eigenvalue weighted by molar-refractivity contribution is -0.128. The van der Waals surface area contributed by atoms with E-state index in [1.807, 2.05) is 0 Å². The molecule has 136 valence electrons. The Labute approximate surface area is 158 Å². The fraction of sp³-hybridized carbons (Fsp3) is 0.105. The number of amides is 2. The van der Waals surface area contributed by atoms with E-state index in [2.05, 4.69) is 15.6 Å². The molecule has 2 amide bonds.